The van der Waals surface area contributed by atoms with Gasteiger partial charge in [0.05, 0.1) is 6.61 Å². The molecule has 0 amide bonds. The zero-order chi connectivity index (χ0) is 14.4. The Labute approximate surface area is 126 Å². The molecule has 1 heterocycles. The molecule has 1 fully saturated rings. The molecule has 1 aliphatic rings. The first kappa shape index (κ1) is 15.8. The van der Waals surface area contributed by atoms with Gasteiger partial charge >= 0.3 is 0 Å². The van der Waals surface area contributed by atoms with Crippen LogP contribution in [0, 0.1) is 0 Å². The highest BCUT2D eigenvalue weighted by atomic mass is 32.2. The largest absolute Gasteiger partial charge is 0.380 e. The van der Waals surface area contributed by atoms with Crippen molar-refractivity contribution in [3.8, 4) is 0 Å². The SMILES string of the molecule is CCC1CN(C(CN)c2ccccc2COC)CCS1. The number of thioether (sulfide) groups is 1. The standard InChI is InChI=1S/C16H26N2OS/c1-3-14-11-18(8-9-20-14)16(10-17)15-7-5-4-6-13(15)12-19-2/h4-7,14,16H,3,8-12,17H2,1-2H3. The number of methoxy groups -OCH3 is 1. The summed E-state index contributed by atoms with van der Waals surface area (Å²) < 4.78 is 5.33. The van der Waals surface area contributed by atoms with Crippen molar-refractivity contribution < 1.29 is 4.74 Å². The Bertz CT molecular complexity index is 413. The molecule has 0 bridgehead atoms. The normalized spacial score (nSPS) is 21.9. The van der Waals surface area contributed by atoms with Crippen molar-refractivity contribution in [2.75, 3.05) is 32.5 Å². The second-order valence-electron chi connectivity index (χ2n) is 5.28. The van der Waals surface area contributed by atoms with E-state index < -0.39 is 0 Å². The average Bonchev–Trinajstić information content (AvgIpc) is 2.50. The predicted octanol–water partition coefficient (Wildman–Crippen LogP) is 2.66. The fourth-order valence-corrected chi connectivity index (χ4v) is 4.10. The van der Waals surface area contributed by atoms with Gasteiger partial charge in [-0.05, 0) is 17.5 Å². The quantitative estimate of drug-likeness (QED) is 0.875. The zero-order valence-corrected chi connectivity index (χ0v) is 13.4. The number of rotatable bonds is 6. The van der Waals surface area contributed by atoms with Gasteiger partial charge in [0.25, 0.3) is 0 Å². The van der Waals surface area contributed by atoms with Crippen LogP contribution in [0.2, 0.25) is 0 Å². The third-order valence-corrected chi connectivity index (χ3v) is 5.38. The van der Waals surface area contributed by atoms with Crippen LogP contribution in [-0.2, 0) is 11.3 Å². The maximum Gasteiger partial charge on any atom is 0.0716 e. The minimum atomic E-state index is 0.316. The molecule has 2 rings (SSSR count). The second-order valence-corrected chi connectivity index (χ2v) is 6.69. The lowest BCUT2D eigenvalue weighted by Crippen LogP contribution is -2.43. The molecule has 2 unspecified atom stereocenters. The summed E-state index contributed by atoms with van der Waals surface area (Å²) in [6.07, 6.45) is 1.23. The van der Waals surface area contributed by atoms with Crippen LogP contribution in [0.1, 0.15) is 30.5 Å². The molecule has 1 aromatic carbocycles. The van der Waals surface area contributed by atoms with Gasteiger partial charge < -0.3 is 10.5 Å². The first-order chi connectivity index (χ1) is 9.80. The van der Waals surface area contributed by atoms with Gasteiger partial charge in [-0.15, -0.1) is 0 Å². The topological polar surface area (TPSA) is 38.5 Å². The summed E-state index contributed by atoms with van der Waals surface area (Å²) in [5.74, 6) is 1.21. The molecule has 3 nitrogen and oxygen atoms in total. The summed E-state index contributed by atoms with van der Waals surface area (Å²) in [6, 6.07) is 8.85. The third kappa shape index (κ3) is 3.76. The summed E-state index contributed by atoms with van der Waals surface area (Å²) in [5.41, 5.74) is 8.69. The van der Waals surface area contributed by atoms with Crippen molar-refractivity contribution in [3.63, 3.8) is 0 Å². The van der Waals surface area contributed by atoms with Gasteiger partial charge in [-0.2, -0.15) is 11.8 Å². The van der Waals surface area contributed by atoms with Gasteiger partial charge in [0.1, 0.15) is 0 Å². The fraction of sp³-hybridized carbons (Fsp3) is 0.625. The van der Waals surface area contributed by atoms with E-state index in [1.165, 1.54) is 23.3 Å². The summed E-state index contributed by atoms with van der Waals surface area (Å²) in [4.78, 5) is 2.55. The Morgan fingerprint density at radius 3 is 2.95 bits per heavy atom. The van der Waals surface area contributed by atoms with E-state index in [-0.39, 0.29) is 0 Å². The lowest BCUT2D eigenvalue weighted by Gasteiger charge is -2.38. The summed E-state index contributed by atoms with van der Waals surface area (Å²) in [5, 5.41) is 0.743. The van der Waals surface area contributed by atoms with Crippen molar-refractivity contribution in [2.24, 2.45) is 5.73 Å². The monoisotopic (exact) mass is 294 g/mol. The Balaban J connectivity index is 2.18. The van der Waals surface area contributed by atoms with Crippen LogP contribution in [0.15, 0.2) is 24.3 Å². The first-order valence-corrected chi connectivity index (χ1v) is 8.47. The van der Waals surface area contributed by atoms with E-state index in [2.05, 4.69) is 47.9 Å². The number of nitrogens with zero attached hydrogens (tertiary/aromatic N) is 1. The van der Waals surface area contributed by atoms with Crippen molar-refractivity contribution >= 4 is 11.8 Å². The molecule has 112 valence electrons. The van der Waals surface area contributed by atoms with E-state index in [9.17, 15) is 0 Å². The molecule has 2 N–H and O–H groups in total. The van der Waals surface area contributed by atoms with Gasteiger partial charge in [0.15, 0.2) is 0 Å². The number of benzene rings is 1. The number of hydrogen-bond acceptors (Lipinski definition) is 4. The van der Waals surface area contributed by atoms with Crippen LogP contribution in [0.5, 0.6) is 0 Å². The van der Waals surface area contributed by atoms with E-state index in [1.54, 1.807) is 7.11 Å². The fourth-order valence-electron chi connectivity index (χ4n) is 2.89. The molecule has 20 heavy (non-hydrogen) atoms. The molecule has 0 aromatic heterocycles. The lowest BCUT2D eigenvalue weighted by molar-refractivity contribution is 0.175. The van der Waals surface area contributed by atoms with Crippen molar-refractivity contribution in [3.05, 3.63) is 35.4 Å². The third-order valence-electron chi connectivity index (χ3n) is 4.00. The molecule has 1 aliphatic heterocycles. The van der Waals surface area contributed by atoms with Gasteiger partial charge in [0.2, 0.25) is 0 Å². The molecular formula is C16H26N2OS. The Hall–Kier alpha value is -0.550. The van der Waals surface area contributed by atoms with Crippen LogP contribution in [0.3, 0.4) is 0 Å². The lowest BCUT2D eigenvalue weighted by atomic mass is 9.99. The minimum Gasteiger partial charge on any atom is -0.380 e. The van der Waals surface area contributed by atoms with Gasteiger partial charge in [-0.3, -0.25) is 4.90 Å². The summed E-state index contributed by atoms with van der Waals surface area (Å²) >= 11 is 2.10. The molecule has 0 radical (unpaired) electrons. The molecule has 0 saturated carbocycles. The van der Waals surface area contributed by atoms with Crippen molar-refractivity contribution in [2.45, 2.75) is 31.2 Å². The van der Waals surface area contributed by atoms with E-state index in [0.717, 1.165) is 18.3 Å². The number of hydrogen-bond donors (Lipinski definition) is 1. The van der Waals surface area contributed by atoms with E-state index >= 15 is 0 Å². The molecular weight excluding hydrogens is 268 g/mol. The number of nitrogens with two attached hydrogens (primary N) is 1. The Kier molecular flexibility index (Phi) is 6.36. The highest BCUT2D eigenvalue weighted by molar-refractivity contribution is 8.00. The molecule has 1 saturated heterocycles. The highest BCUT2D eigenvalue weighted by Gasteiger charge is 2.26. The smallest absolute Gasteiger partial charge is 0.0716 e. The van der Waals surface area contributed by atoms with E-state index in [4.69, 9.17) is 10.5 Å². The van der Waals surface area contributed by atoms with E-state index in [1.807, 2.05) is 0 Å². The zero-order valence-electron chi connectivity index (χ0n) is 12.5. The molecule has 0 spiro atoms. The number of ether oxygens (including phenoxy) is 1. The molecule has 2 atom stereocenters. The van der Waals surface area contributed by atoms with Gasteiger partial charge in [-0.25, -0.2) is 0 Å². The molecule has 1 aromatic rings. The van der Waals surface area contributed by atoms with Crippen LogP contribution in [-0.4, -0.2) is 42.6 Å². The van der Waals surface area contributed by atoms with Crippen molar-refractivity contribution in [1.29, 1.82) is 0 Å². The first-order valence-electron chi connectivity index (χ1n) is 7.42. The van der Waals surface area contributed by atoms with Crippen LogP contribution >= 0.6 is 11.8 Å². The highest BCUT2D eigenvalue weighted by Crippen LogP contribution is 2.30. The van der Waals surface area contributed by atoms with Gasteiger partial charge in [0, 0.05) is 43.8 Å². The summed E-state index contributed by atoms with van der Waals surface area (Å²) in [7, 11) is 1.75. The average molecular weight is 294 g/mol. The maximum atomic E-state index is 6.10. The molecule has 4 heteroatoms. The minimum absolute atomic E-state index is 0.316. The van der Waals surface area contributed by atoms with E-state index in [0.29, 0.717) is 19.2 Å². The van der Waals surface area contributed by atoms with Crippen molar-refractivity contribution in [1.82, 2.24) is 4.90 Å². The Morgan fingerprint density at radius 1 is 1.45 bits per heavy atom. The van der Waals surface area contributed by atoms with Crippen LogP contribution < -0.4 is 5.73 Å². The second kappa shape index (κ2) is 8.03. The van der Waals surface area contributed by atoms with Crippen LogP contribution in [0.25, 0.3) is 0 Å². The Morgan fingerprint density at radius 2 is 2.25 bits per heavy atom. The molecule has 0 aliphatic carbocycles. The van der Waals surface area contributed by atoms with Crippen LogP contribution in [0.4, 0.5) is 0 Å². The summed E-state index contributed by atoms with van der Waals surface area (Å²) in [6.45, 7) is 5.88. The van der Waals surface area contributed by atoms with Gasteiger partial charge in [-0.1, -0.05) is 31.2 Å². The maximum absolute atomic E-state index is 6.10. The predicted molar refractivity (Wildman–Crippen MR) is 87.1 cm³/mol.